The molecule has 0 bridgehead atoms. The predicted octanol–water partition coefficient (Wildman–Crippen LogP) is 4.16. The van der Waals surface area contributed by atoms with Crippen LogP contribution in [0.3, 0.4) is 0 Å². The lowest BCUT2D eigenvalue weighted by atomic mass is 9.86. The second kappa shape index (κ2) is 7.90. The molecule has 0 atom stereocenters. The van der Waals surface area contributed by atoms with E-state index >= 15 is 0 Å². The van der Waals surface area contributed by atoms with E-state index in [-0.39, 0.29) is 0 Å². The number of aryl methyl sites for hydroxylation is 2. The van der Waals surface area contributed by atoms with Crippen LogP contribution in [0.1, 0.15) is 66.6 Å². The second-order valence-corrected chi connectivity index (χ2v) is 6.98. The fourth-order valence-electron chi connectivity index (χ4n) is 3.98. The summed E-state index contributed by atoms with van der Waals surface area (Å²) in [4.78, 5) is 0. The molecule has 2 aromatic rings. The summed E-state index contributed by atoms with van der Waals surface area (Å²) in [5.41, 5.74) is 37.0. The van der Waals surface area contributed by atoms with Crippen LogP contribution in [0.15, 0.2) is 6.07 Å². The van der Waals surface area contributed by atoms with Crippen LogP contribution in [0, 0.1) is 6.92 Å². The zero-order valence-electron chi connectivity index (χ0n) is 16.9. The van der Waals surface area contributed by atoms with E-state index in [1.807, 2.05) is 0 Å². The number of hydrogen-bond donors (Lipinski definition) is 4. The molecule has 0 radical (unpaired) electrons. The van der Waals surface area contributed by atoms with Crippen molar-refractivity contribution < 1.29 is 0 Å². The van der Waals surface area contributed by atoms with Crippen molar-refractivity contribution in [1.82, 2.24) is 0 Å². The van der Waals surface area contributed by atoms with E-state index in [9.17, 15) is 0 Å². The van der Waals surface area contributed by atoms with Gasteiger partial charge in [-0.3, -0.25) is 0 Å². The largest absolute Gasteiger partial charge is 0.398 e. The predicted molar refractivity (Wildman–Crippen MR) is 116 cm³/mol. The second-order valence-electron chi connectivity index (χ2n) is 6.98. The Kier molecular flexibility index (Phi) is 6.06. The van der Waals surface area contributed by atoms with Gasteiger partial charge in [0.15, 0.2) is 0 Å². The molecule has 26 heavy (non-hydrogen) atoms. The highest BCUT2D eigenvalue weighted by Crippen LogP contribution is 2.37. The molecule has 4 heteroatoms. The van der Waals surface area contributed by atoms with Crippen molar-refractivity contribution in [3.8, 4) is 0 Å². The van der Waals surface area contributed by atoms with Crippen LogP contribution in [0.25, 0.3) is 0 Å². The first-order chi connectivity index (χ1) is 12.3. The smallest absolute Gasteiger partial charge is 0.0403 e. The summed E-state index contributed by atoms with van der Waals surface area (Å²) < 4.78 is 0. The minimum absolute atomic E-state index is 0.673. The summed E-state index contributed by atoms with van der Waals surface area (Å²) in [6, 6.07) is 2.14. The summed E-state index contributed by atoms with van der Waals surface area (Å²) in [6.07, 6.45) is 4.16. The van der Waals surface area contributed by atoms with Crippen molar-refractivity contribution in [2.75, 3.05) is 22.9 Å². The third kappa shape index (κ3) is 3.20. The van der Waals surface area contributed by atoms with Crippen molar-refractivity contribution >= 4 is 22.7 Å². The molecule has 4 nitrogen and oxygen atoms in total. The van der Waals surface area contributed by atoms with E-state index in [1.165, 1.54) is 11.1 Å². The van der Waals surface area contributed by atoms with E-state index in [0.717, 1.165) is 76.3 Å². The molecule has 8 N–H and O–H groups in total. The van der Waals surface area contributed by atoms with Crippen LogP contribution in [0.2, 0.25) is 0 Å². The van der Waals surface area contributed by atoms with Crippen LogP contribution in [0.5, 0.6) is 0 Å². The Morgan fingerprint density at radius 1 is 0.577 bits per heavy atom. The monoisotopic (exact) mass is 354 g/mol. The zero-order chi connectivity index (χ0) is 19.6. The molecule has 0 saturated heterocycles. The van der Waals surface area contributed by atoms with E-state index in [0.29, 0.717) is 6.42 Å². The van der Waals surface area contributed by atoms with Gasteiger partial charge in [0.1, 0.15) is 0 Å². The van der Waals surface area contributed by atoms with Gasteiger partial charge >= 0.3 is 0 Å². The highest BCUT2D eigenvalue weighted by atomic mass is 14.7. The summed E-state index contributed by atoms with van der Waals surface area (Å²) in [5.74, 6) is 0. The molecule has 0 fully saturated rings. The topological polar surface area (TPSA) is 104 Å². The minimum Gasteiger partial charge on any atom is -0.398 e. The Balaban J connectivity index is 2.74. The average Bonchev–Trinajstić information content (AvgIpc) is 2.63. The Morgan fingerprint density at radius 2 is 1.08 bits per heavy atom. The van der Waals surface area contributed by atoms with Crippen LogP contribution in [-0.2, 0) is 32.1 Å². The molecule has 0 aliphatic rings. The first-order valence-corrected chi connectivity index (χ1v) is 9.68. The first kappa shape index (κ1) is 20.0. The number of nitrogens with two attached hydrogens (primary N) is 4. The standard InChI is InChI=1S/C22H34N4/c1-6-13-10-14(7-2)21(25)18(20(13)24)11-17-12(5)19(23)16(9-4)22(26)15(17)8-3/h10H,6-9,11,23-26H2,1-5H3. The highest BCUT2D eigenvalue weighted by Gasteiger charge is 2.20. The van der Waals surface area contributed by atoms with Gasteiger partial charge in [-0.15, -0.1) is 0 Å². The van der Waals surface area contributed by atoms with Gasteiger partial charge in [-0.25, -0.2) is 0 Å². The SMILES string of the molecule is CCc1cc(CC)c(N)c(Cc2c(C)c(N)c(CC)c(N)c2CC)c1N. The van der Waals surface area contributed by atoms with Gasteiger partial charge in [0.05, 0.1) is 0 Å². The van der Waals surface area contributed by atoms with Gasteiger partial charge in [-0.1, -0.05) is 33.8 Å². The molecule has 0 heterocycles. The van der Waals surface area contributed by atoms with Crippen LogP contribution in [-0.4, -0.2) is 0 Å². The number of rotatable bonds is 6. The van der Waals surface area contributed by atoms with E-state index in [1.54, 1.807) is 0 Å². The van der Waals surface area contributed by atoms with Gasteiger partial charge in [-0.2, -0.15) is 0 Å². The summed E-state index contributed by atoms with van der Waals surface area (Å²) >= 11 is 0. The van der Waals surface area contributed by atoms with Gasteiger partial charge in [0.25, 0.3) is 0 Å². The summed E-state index contributed by atoms with van der Waals surface area (Å²) in [7, 11) is 0. The number of hydrogen-bond acceptors (Lipinski definition) is 4. The van der Waals surface area contributed by atoms with E-state index in [2.05, 4.69) is 40.7 Å². The molecule has 0 aliphatic heterocycles. The lowest BCUT2D eigenvalue weighted by molar-refractivity contribution is 1.01. The van der Waals surface area contributed by atoms with Gasteiger partial charge in [0, 0.05) is 34.7 Å². The van der Waals surface area contributed by atoms with Crippen molar-refractivity contribution in [1.29, 1.82) is 0 Å². The lowest BCUT2D eigenvalue weighted by Gasteiger charge is -2.23. The van der Waals surface area contributed by atoms with Crippen molar-refractivity contribution in [3.05, 3.63) is 45.0 Å². The molecule has 2 rings (SSSR count). The third-order valence-corrected chi connectivity index (χ3v) is 5.71. The lowest BCUT2D eigenvalue weighted by Crippen LogP contribution is -2.13. The molecule has 0 aliphatic carbocycles. The zero-order valence-corrected chi connectivity index (χ0v) is 16.9. The van der Waals surface area contributed by atoms with Gasteiger partial charge in [0.2, 0.25) is 0 Å². The number of benzene rings is 2. The maximum absolute atomic E-state index is 6.50. The maximum atomic E-state index is 6.50. The Labute approximate surface area is 157 Å². The Hall–Kier alpha value is -2.36. The molecule has 0 spiro atoms. The van der Waals surface area contributed by atoms with Crippen molar-refractivity contribution in [3.63, 3.8) is 0 Å². The summed E-state index contributed by atoms with van der Waals surface area (Å²) in [6.45, 7) is 10.6. The van der Waals surface area contributed by atoms with Gasteiger partial charge in [-0.05, 0) is 66.0 Å². The highest BCUT2D eigenvalue weighted by molar-refractivity contribution is 5.75. The Morgan fingerprint density at radius 3 is 1.50 bits per heavy atom. The number of nitrogen functional groups attached to an aromatic ring is 4. The molecule has 142 valence electrons. The molecule has 0 saturated carbocycles. The normalized spacial score (nSPS) is 11.1. The fourth-order valence-corrected chi connectivity index (χ4v) is 3.98. The first-order valence-electron chi connectivity index (χ1n) is 9.68. The Bertz CT molecular complexity index is 794. The fraction of sp³-hybridized carbons (Fsp3) is 0.455. The van der Waals surface area contributed by atoms with Crippen molar-refractivity contribution in [2.24, 2.45) is 0 Å². The van der Waals surface area contributed by atoms with Crippen LogP contribution >= 0.6 is 0 Å². The van der Waals surface area contributed by atoms with Gasteiger partial charge < -0.3 is 22.9 Å². The quantitative estimate of drug-likeness (QED) is 0.584. The number of anilines is 4. The van der Waals surface area contributed by atoms with Crippen LogP contribution in [0.4, 0.5) is 22.7 Å². The van der Waals surface area contributed by atoms with E-state index < -0.39 is 0 Å². The van der Waals surface area contributed by atoms with Crippen LogP contribution < -0.4 is 22.9 Å². The maximum Gasteiger partial charge on any atom is 0.0403 e. The molecule has 2 aromatic carbocycles. The molecule has 0 unspecified atom stereocenters. The molecule has 0 amide bonds. The average molecular weight is 355 g/mol. The molecular formula is C22H34N4. The molecular weight excluding hydrogens is 320 g/mol. The minimum atomic E-state index is 0.673. The van der Waals surface area contributed by atoms with Crippen molar-refractivity contribution in [2.45, 2.75) is 66.7 Å². The summed E-state index contributed by atoms with van der Waals surface area (Å²) in [5, 5.41) is 0. The third-order valence-electron chi connectivity index (χ3n) is 5.71. The van der Waals surface area contributed by atoms with E-state index in [4.69, 9.17) is 22.9 Å². The molecule has 0 aromatic heterocycles.